The van der Waals surface area contributed by atoms with Crippen molar-refractivity contribution in [3.05, 3.63) is 69.5 Å². The van der Waals surface area contributed by atoms with Gasteiger partial charge in [-0.3, -0.25) is 0 Å². The van der Waals surface area contributed by atoms with Crippen LogP contribution in [0.25, 0.3) is 0 Å². The fourth-order valence-electron chi connectivity index (χ4n) is 2.12. The third-order valence-electron chi connectivity index (χ3n) is 3.23. The van der Waals surface area contributed by atoms with Gasteiger partial charge in [0.1, 0.15) is 5.82 Å². The summed E-state index contributed by atoms with van der Waals surface area (Å²) in [4.78, 5) is 0. The highest BCUT2D eigenvalue weighted by Crippen LogP contribution is 2.33. The Labute approximate surface area is 124 Å². The molecule has 0 amide bonds. The van der Waals surface area contributed by atoms with Gasteiger partial charge in [0.15, 0.2) is 0 Å². The molecule has 112 valence electrons. The van der Waals surface area contributed by atoms with Gasteiger partial charge in [0.25, 0.3) is 0 Å². The van der Waals surface area contributed by atoms with Gasteiger partial charge < -0.3 is 5.73 Å². The highest BCUT2D eigenvalue weighted by Gasteiger charge is 2.31. The third-order valence-corrected chi connectivity index (χ3v) is 3.46. The van der Waals surface area contributed by atoms with Gasteiger partial charge in [-0.1, -0.05) is 17.7 Å². The van der Waals surface area contributed by atoms with Crippen LogP contribution >= 0.6 is 11.6 Å². The highest BCUT2D eigenvalue weighted by molar-refractivity contribution is 6.30. The van der Waals surface area contributed by atoms with Crippen LogP contribution in [0.5, 0.6) is 0 Å². The van der Waals surface area contributed by atoms with Crippen LogP contribution in [-0.2, 0) is 6.18 Å². The second kappa shape index (κ2) is 5.66. The molecule has 0 saturated heterocycles. The van der Waals surface area contributed by atoms with Gasteiger partial charge in [-0.05, 0) is 48.4 Å². The smallest absolute Gasteiger partial charge is 0.320 e. The van der Waals surface area contributed by atoms with Crippen LogP contribution < -0.4 is 5.73 Å². The summed E-state index contributed by atoms with van der Waals surface area (Å²) in [5.74, 6) is -0.550. The van der Waals surface area contributed by atoms with E-state index in [1.165, 1.54) is 31.2 Å². The van der Waals surface area contributed by atoms with E-state index in [1.807, 2.05) is 0 Å². The van der Waals surface area contributed by atoms with E-state index in [9.17, 15) is 17.6 Å². The van der Waals surface area contributed by atoms with Crippen molar-refractivity contribution in [3.8, 4) is 0 Å². The Bertz CT molecular complexity index is 667. The van der Waals surface area contributed by atoms with Gasteiger partial charge in [-0.25, -0.2) is 4.39 Å². The molecule has 1 unspecified atom stereocenters. The molecule has 2 rings (SSSR count). The minimum absolute atomic E-state index is 0.144. The first-order valence-corrected chi connectivity index (χ1v) is 6.46. The van der Waals surface area contributed by atoms with Gasteiger partial charge in [0.05, 0.1) is 11.6 Å². The van der Waals surface area contributed by atoms with Crippen molar-refractivity contribution in [2.75, 3.05) is 0 Å². The van der Waals surface area contributed by atoms with Crippen LogP contribution in [0.2, 0.25) is 5.02 Å². The minimum atomic E-state index is -4.42. The van der Waals surface area contributed by atoms with E-state index in [4.69, 9.17) is 17.3 Å². The standard InChI is InChI=1S/C15H12ClF4N/c1-8-6-9(15(18,19)20)2-4-11(8)14(21)12-7-10(16)3-5-13(12)17/h2-7,14H,21H2,1H3. The van der Waals surface area contributed by atoms with Gasteiger partial charge in [-0.2, -0.15) is 13.2 Å². The number of nitrogens with two attached hydrogens (primary N) is 1. The molecule has 2 aromatic rings. The quantitative estimate of drug-likeness (QED) is 0.787. The Morgan fingerprint density at radius 1 is 1.05 bits per heavy atom. The molecule has 2 aromatic carbocycles. The van der Waals surface area contributed by atoms with Gasteiger partial charge >= 0.3 is 6.18 Å². The molecule has 0 aliphatic carbocycles. The molecule has 0 radical (unpaired) electrons. The van der Waals surface area contributed by atoms with E-state index in [-0.39, 0.29) is 5.56 Å². The second-order valence-corrected chi connectivity index (χ2v) is 5.15. The Kier molecular flexibility index (Phi) is 4.25. The first kappa shape index (κ1) is 15.8. The van der Waals surface area contributed by atoms with E-state index >= 15 is 0 Å². The predicted octanol–water partition coefficient (Wildman–Crippen LogP) is 4.85. The summed E-state index contributed by atoms with van der Waals surface area (Å²) in [7, 11) is 0. The van der Waals surface area contributed by atoms with Crippen molar-refractivity contribution in [1.29, 1.82) is 0 Å². The number of hydrogen-bond donors (Lipinski definition) is 1. The lowest BCUT2D eigenvalue weighted by Gasteiger charge is -2.18. The molecule has 0 aliphatic heterocycles. The Hall–Kier alpha value is -1.59. The molecule has 0 bridgehead atoms. The van der Waals surface area contributed by atoms with Crippen molar-refractivity contribution in [2.24, 2.45) is 5.73 Å². The lowest BCUT2D eigenvalue weighted by atomic mass is 9.94. The zero-order valence-corrected chi connectivity index (χ0v) is 11.8. The molecule has 0 fully saturated rings. The number of halogens is 5. The second-order valence-electron chi connectivity index (χ2n) is 4.71. The number of rotatable bonds is 2. The van der Waals surface area contributed by atoms with Gasteiger partial charge in [-0.15, -0.1) is 0 Å². The molecule has 0 aromatic heterocycles. The molecule has 0 spiro atoms. The summed E-state index contributed by atoms with van der Waals surface area (Å²) in [6.07, 6.45) is -4.42. The number of hydrogen-bond acceptors (Lipinski definition) is 1. The van der Waals surface area contributed by atoms with E-state index in [1.54, 1.807) is 0 Å². The normalized spacial score (nSPS) is 13.3. The van der Waals surface area contributed by atoms with Gasteiger partial charge in [0.2, 0.25) is 0 Å². The average molecular weight is 318 g/mol. The van der Waals surface area contributed by atoms with Crippen LogP contribution in [0.15, 0.2) is 36.4 Å². The van der Waals surface area contributed by atoms with E-state index in [0.29, 0.717) is 16.1 Å². The number of aryl methyl sites for hydroxylation is 1. The zero-order valence-electron chi connectivity index (χ0n) is 11.0. The fraction of sp³-hybridized carbons (Fsp3) is 0.200. The summed E-state index contributed by atoms with van der Waals surface area (Å²) in [6, 6.07) is 6.25. The molecule has 0 aliphatic rings. The van der Waals surface area contributed by atoms with Crippen molar-refractivity contribution in [2.45, 2.75) is 19.1 Å². The Balaban J connectivity index is 2.44. The van der Waals surface area contributed by atoms with Crippen LogP contribution in [0.3, 0.4) is 0 Å². The van der Waals surface area contributed by atoms with Crippen molar-refractivity contribution in [3.63, 3.8) is 0 Å². The van der Waals surface area contributed by atoms with E-state index < -0.39 is 23.6 Å². The van der Waals surface area contributed by atoms with Crippen LogP contribution in [0.1, 0.15) is 28.3 Å². The van der Waals surface area contributed by atoms with Crippen molar-refractivity contribution < 1.29 is 17.6 Å². The molecule has 6 heteroatoms. The maximum absolute atomic E-state index is 13.8. The Morgan fingerprint density at radius 3 is 2.29 bits per heavy atom. The van der Waals surface area contributed by atoms with Crippen molar-refractivity contribution >= 4 is 11.6 Å². The number of alkyl halides is 3. The first-order valence-electron chi connectivity index (χ1n) is 6.08. The molecular formula is C15H12ClF4N. The topological polar surface area (TPSA) is 26.0 Å². The maximum Gasteiger partial charge on any atom is 0.416 e. The lowest BCUT2D eigenvalue weighted by molar-refractivity contribution is -0.137. The highest BCUT2D eigenvalue weighted by atomic mass is 35.5. The molecule has 21 heavy (non-hydrogen) atoms. The first-order chi connectivity index (χ1) is 9.70. The average Bonchev–Trinajstić information content (AvgIpc) is 2.39. The van der Waals surface area contributed by atoms with Crippen molar-refractivity contribution in [1.82, 2.24) is 0 Å². The van der Waals surface area contributed by atoms with Crippen LogP contribution in [0, 0.1) is 12.7 Å². The van der Waals surface area contributed by atoms with E-state index in [0.717, 1.165) is 12.1 Å². The molecule has 1 nitrogen and oxygen atoms in total. The van der Waals surface area contributed by atoms with Crippen LogP contribution in [-0.4, -0.2) is 0 Å². The summed E-state index contributed by atoms with van der Waals surface area (Å²) in [6.45, 7) is 1.51. The SMILES string of the molecule is Cc1cc(C(F)(F)F)ccc1C(N)c1cc(Cl)ccc1F. The molecular weight excluding hydrogens is 306 g/mol. The third kappa shape index (κ3) is 3.36. The predicted molar refractivity (Wildman–Crippen MR) is 73.6 cm³/mol. The Morgan fingerprint density at radius 2 is 1.71 bits per heavy atom. The van der Waals surface area contributed by atoms with E-state index in [2.05, 4.69) is 0 Å². The molecule has 1 atom stereocenters. The number of benzene rings is 2. The minimum Gasteiger partial charge on any atom is -0.320 e. The van der Waals surface area contributed by atoms with Crippen LogP contribution in [0.4, 0.5) is 17.6 Å². The fourth-order valence-corrected chi connectivity index (χ4v) is 2.30. The zero-order chi connectivity index (χ0) is 15.8. The molecule has 0 saturated carbocycles. The summed E-state index contributed by atoms with van der Waals surface area (Å²) in [5, 5.41) is 0.311. The summed E-state index contributed by atoms with van der Waals surface area (Å²) < 4.78 is 51.7. The van der Waals surface area contributed by atoms with Gasteiger partial charge in [0, 0.05) is 10.6 Å². The molecule has 2 N–H and O–H groups in total. The summed E-state index contributed by atoms with van der Waals surface area (Å²) in [5.41, 5.74) is 6.11. The lowest BCUT2D eigenvalue weighted by Crippen LogP contribution is -2.16. The largest absolute Gasteiger partial charge is 0.416 e. The molecule has 0 heterocycles. The maximum atomic E-state index is 13.8. The monoisotopic (exact) mass is 317 g/mol. The summed E-state index contributed by atoms with van der Waals surface area (Å²) >= 11 is 5.80.